The van der Waals surface area contributed by atoms with Crippen molar-refractivity contribution in [3.05, 3.63) is 59.7 Å². The Hall–Kier alpha value is -2.90. The number of likely N-dealkylation sites (N-methyl/N-ethyl adjacent to an activating group) is 1. The van der Waals surface area contributed by atoms with E-state index in [9.17, 15) is 18.4 Å². The largest absolute Gasteiger partial charge is 0.467 e. The number of hydrogen-bond acceptors (Lipinski definition) is 5. The van der Waals surface area contributed by atoms with E-state index in [2.05, 4.69) is 14.7 Å². The molecule has 0 fully saturated rings. The zero-order chi connectivity index (χ0) is 17.0. The van der Waals surface area contributed by atoms with Gasteiger partial charge in [0.1, 0.15) is 17.3 Å². The summed E-state index contributed by atoms with van der Waals surface area (Å²) in [6.45, 7) is 0. The maximum Gasteiger partial charge on any atom is 0.333 e. The first-order chi connectivity index (χ1) is 11.0. The first-order valence-electron chi connectivity index (χ1n) is 6.51. The minimum Gasteiger partial charge on any atom is -0.467 e. The number of hydrogen-bond donors (Lipinski definition) is 0. The molecule has 6 nitrogen and oxygen atoms in total. The highest BCUT2D eigenvalue weighted by atomic mass is 19.1. The minimum atomic E-state index is -1.45. The summed E-state index contributed by atoms with van der Waals surface area (Å²) < 4.78 is 32.0. The molecule has 120 valence electrons. The molecule has 23 heavy (non-hydrogen) atoms. The number of rotatable bonds is 4. The quantitative estimate of drug-likeness (QED) is 0.802. The number of nitrogens with zero attached hydrogens (tertiary/aromatic N) is 3. The summed E-state index contributed by atoms with van der Waals surface area (Å²) in [4.78, 5) is 32.9. The molecule has 1 amide bonds. The van der Waals surface area contributed by atoms with E-state index in [0.717, 1.165) is 30.2 Å². The molecule has 0 aliphatic heterocycles. The van der Waals surface area contributed by atoms with Gasteiger partial charge in [-0.1, -0.05) is 0 Å². The van der Waals surface area contributed by atoms with Crippen molar-refractivity contribution < 1.29 is 23.1 Å². The molecule has 0 N–H and O–H groups in total. The molecule has 0 saturated carbocycles. The molecular weight excluding hydrogens is 308 g/mol. The molecule has 1 aromatic carbocycles. The molecule has 0 aliphatic carbocycles. The van der Waals surface area contributed by atoms with Crippen LogP contribution >= 0.6 is 0 Å². The van der Waals surface area contributed by atoms with Gasteiger partial charge in [-0.05, 0) is 18.2 Å². The van der Waals surface area contributed by atoms with Gasteiger partial charge in [0.15, 0.2) is 6.04 Å². The lowest BCUT2D eigenvalue weighted by Gasteiger charge is -2.26. The van der Waals surface area contributed by atoms with Crippen LogP contribution in [0.15, 0.2) is 36.8 Å². The van der Waals surface area contributed by atoms with Crippen molar-refractivity contribution >= 4 is 11.9 Å². The Labute approximate surface area is 130 Å². The van der Waals surface area contributed by atoms with E-state index in [1.165, 1.54) is 25.6 Å². The molecule has 8 heteroatoms. The molecule has 0 spiro atoms. The number of carbonyl (C=O) groups is 2. The second-order valence-electron chi connectivity index (χ2n) is 4.60. The number of amides is 1. The lowest BCUT2D eigenvalue weighted by atomic mass is 10.0. The average molecular weight is 321 g/mol. The van der Waals surface area contributed by atoms with Crippen LogP contribution in [0.2, 0.25) is 0 Å². The number of benzene rings is 1. The fourth-order valence-electron chi connectivity index (χ4n) is 2.04. The normalized spacial score (nSPS) is 11.7. The summed E-state index contributed by atoms with van der Waals surface area (Å²) in [5.74, 6) is -3.16. The average Bonchev–Trinajstić information content (AvgIpc) is 2.57. The number of aromatic nitrogens is 2. The molecule has 0 aliphatic rings. The van der Waals surface area contributed by atoms with Crippen LogP contribution in [0.4, 0.5) is 8.78 Å². The Kier molecular flexibility index (Phi) is 4.95. The van der Waals surface area contributed by atoms with Crippen LogP contribution in [0.1, 0.15) is 22.1 Å². The zero-order valence-corrected chi connectivity index (χ0v) is 12.4. The van der Waals surface area contributed by atoms with Gasteiger partial charge in [-0.2, -0.15) is 0 Å². The SMILES string of the molecule is COC(=O)C(c1cc(F)ccc1F)N(C)C(=O)c1cnccn1. The molecule has 0 saturated heterocycles. The van der Waals surface area contributed by atoms with Crippen LogP contribution in [-0.2, 0) is 9.53 Å². The molecule has 1 atom stereocenters. The highest BCUT2D eigenvalue weighted by Gasteiger charge is 2.33. The fourth-order valence-corrected chi connectivity index (χ4v) is 2.04. The van der Waals surface area contributed by atoms with Gasteiger partial charge in [0.05, 0.1) is 13.3 Å². The summed E-state index contributed by atoms with van der Waals surface area (Å²) in [5.41, 5.74) is -0.350. The van der Waals surface area contributed by atoms with Crippen LogP contribution in [0.25, 0.3) is 0 Å². The standard InChI is InChI=1S/C15H13F2N3O3/c1-20(14(21)12-8-18-5-6-19-12)13(15(22)23-2)10-7-9(16)3-4-11(10)17/h3-8,13H,1-2H3. The lowest BCUT2D eigenvalue weighted by molar-refractivity contribution is -0.146. The Balaban J connectivity index is 2.45. The Bertz CT molecular complexity index is 725. The van der Waals surface area contributed by atoms with Crippen LogP contribution in [0.5, 0.6) is 0 Å². The Morgan fingerprint density at radius 1 is 1.26 bits per heavy atom. The Morgan fingerprint density at radius 3 is 2.61 bits per heavy atom. The summed E-state index contributed by atoms with van der Waals surface area (Å²) in [6, 6.07) is 1.18. The van der Waals surface area contributed by atoms with E-state index < -0.39 is 29.6 Å². The third kappa shape index (κ3) is 3.47. The van der Waals surface area contributed by atoms with Crippen molar-refractivity contribution in [1.29, 1.82) is 0 Å². The second-order valence-corrected chi connectivity index (χ2v) is 4.60. The predicted octanol–water partition coefficient (Wildman–Crippen LogP) is 1.74. The van der Waals surface area contributed by atoms with Crippen molar-refractivity contribution in [2.45, 2.75) is 6.04 Å². The van der Waals surface area contributed by atoms with Gasteiger partial charge in [0.2, 0.25) is 0 Å². The van der Waals surface area contributed by atoms with Gasteiger partial charge < -0.3 is 9.64 Å². The van der Waals surface area contributed by atoms with Gasteiger partial charge in [-0.3, -0.25) is 9.78 Å². The van der Waals surface area contributed by atoms with Crippen LogP contribution in [-0.4, -0.2) is 40.9 Å². The van der Waals surface area contributed by atoms with Crippen molar-refractivity contribution in [2.75, 3.05) is 14.2 Å². The molecule has 0 bridgehead atoms. The number of esters is 1. The number of methoxy groups -OCH3 is 1. The number of halogens is 2. The van der Waals surface area contributed by atoms with Gasteiger partial charge >= 0.3 is 5.97 Å². The smallest absolute Gasteiger partial charge is 0.333 e. The molecule has 2 aromatic rings. The van der Waals surface area contributed by atoms with Crippen molar-refractivity contribution in [3.8, 4) is 0 Å². The first kappa shape index (κ1) is 16.5. The second kappa shape index (κ2) is 6.91. The summed E-state index contributed by atoms with van der Waals surface area (Å²) in [6.07, 6.45) is 3.88. The molecule has 2 rings (SSSR count). The monoisotopic (exact) mass is 321 g/mol. The molecule has 1 heterocycles. The lowest BCUT2D eigenvalue weighted by Crippen LogP contribution is -2.37. The highest BCUT2D eigenvalue weighted by Crippen LogP contribution is 2.25. The minimum absolute atomic E-state index is 0.0410. The van der Waals surface area contributed by atoms with Gasteiger partial charge in [0, 0.05) is 25.0 Å². The van der Waals surface area contributed by atoms with E-state index in [4.69, 9.17) is 0 Å². The van der Waals surface area contributed by atoms with Crippen LogP contribution < -0.4 is 0 Å². The van der Waals surface area contributed by atoms with Gasteiger partial charge in [-0.25, -0.2) is 18.6 Å². The number of carbonyl (C=O) groups excluding carboxylic acids is 2. The van der Waals surface area contributed by atoms with Gasteiger partial charge in [0.25, 0.3) is 5.91 Å². The fraction of sp³-hybridized carbons (Fsp3) is 0.200. The van der Waals surface area contributed by atoms with Crippen LogP contribution in [0, 0.1) is 11.6 Å². The molecular formula is C15H13F2N3O3. The molecule has 1 unspecified atom stereocenters. The highest BCUT2D eigenvalue weighted by molar-refractivity contribution is 5.95. The van der Waals surface area contributed by atoms with Crippen molar-refractivity contribution in [1.82, 2.24) is 14.9 Å². The van der Waals surface area contributed by atoms with E-state index in [1.54, 1.807) is 0 Å². The summed E-state index contributed by atoms with van der Waals surface area (Å²) in [5, 5.41) is 0. The maximum absolute atomic E-state index is 14.0. The maximum atomic E-state index is 14.0. The third-order valence-corrected chi connectivity index (χ3v) is 3.17. The third-order valence-electron chi connectivity index (χ3n) is 3.17. The summed E-state index contributed by atoms with van der Waals surface area (Å²) in [7, 11) is 2.36. The summed E-state index contributed by atoms with van der Waals surface area (Å²) >= 11 is 0. The zero-order valence-electron chi connectivity index (χ0n) is 12.4. The van der Waals surface area contributed by atoms with Gasteiger partial charge in [-0.15, -0.1) is 0 Å². The van der Waals surface area contributed by atoms with E-state index in [1.807, 2.05) is 0 Å². The van der Waals surface area contributed by atoms with E-state index in [-0.39, 0.29) is 11.3 Å². The topological polar surface area (TPSA) is 72.4 Å². The molecule has 1 aromatic heterocycles. The van der Waals surface area contributed by atoms with E-state index in [0.29, 0.717) is 0 Å². The van der Waals surface area contributed by atoms with Crippen molar-refractivity contribution in [2.24, 2.45) is 0 Å². The van der Waals surface area contributed by atoms with Crippen molar-refractivity contribution in [3.63, 3.8) is 0 Å². The predicted molar refractivity (Wildman–Crippen MR) is 75.2 cm³/mol. The first-order valence-corrected chi connectivity index (χ1v) is 6.51. The van der Waals surface area contributed by atoms with E-state index >= 15 is 0 Å². The van der Waals surface area contributed by atoms with Crippen LogP contribution in [0.3, 0.4) is 0 Å². The Morgan fingerprint density at radius 2 is 2.00 bits per heavy atom. The number of ether oxygens (including phenoxy) is 1. The molecule has 0 radical (unpaired) electrons.